The molecule has 0 spiro atoms. The second-order valence-corrected chi connectivity index (χ2v) is 7.13. The largest absolute Gasteiger partial charge is 0.0808 e. The summed E-state index contributed by atoms with van der Waals surface area (Å²) in [6, 6.07) is 6.99. The van der Waals surface area contributed by atoms with Crippen molar-refractivity contribution in [3.05, 3.63) is 53.1 Å². The maximum Gasteiger partial charge on any atom is -0.00901 e. The van der Waals surface area contributed by atoms with E-state index in [2.05, 4.69) is 64.1 Å². The topological polar surface area (TPSA) is 0 Å². The molecule has 0 radical (unpaired) electrons. The average molecular weight is 266 g/mol. The van der Waals surface area contributed by atoms with E-state index in [1.165, 1.54) is 29.5 Å². The Morgan fingerprint density at radius 3 is 2.35 bits per heavy atom. The molecule has 1 saturated carbocycles. The molecule has 2 aliphatic rings. The van der Waals surface area contributed by atoms with E-state index >= 15 is 0 Å². The predicted octanol–water partition coefficient (Wildman–Crippen LogP) is 5.56. The zero-order chi connectivity index (χ0) is 14.3. The molecule has 0 heteroatoms. The Morgan fingerprint density at radius 1 is 1.00 bits per heavy atom. The first-order chi connectivity index (χ1) is 9.54. The molecule has 3 rings (SSSR count). The van der Waals surface area contributed by atoms with Crippen molar-refractivity contribution in [3.8, 4) is 0 Å². The predicted molar refractivity (Wildman–Crippen MR) is 87.6 cm³/mol. The molecule has 3 unspecified atom stereocenters. The summed E-state index contributed by atoms with van der Waals surface area (Å²) < 4.78 is 0. The standard InChI is InChI=1S/C20H26/c1-13(2)17-11-16-6-5-7-19(20(16)12-17)18-9-14(3)8-15(4)10-18/h5-10,13,16-17,20H,11-12H2,1-4H3. The molecule has 0 aromatic heterocycles. The van der Waals surface area contributed by atoms with Crippen molar-refractivity contribution in [3.63, 3.8) is 0 Å². The van der Waals surface area contributed by atoms with Crippen molar-refractivity contribution < 1.29 is 0 Å². The lowest BCUT2D eigenvalue weighted by molar-refractivity contribution is 0.386. The molecule has 0 bridgehead atoms. The van der Waals surface area contributed by atoms with Gasteiger partial charge in [0.15, 0.2) is 0 Å². The van der Waals surface area contributed by atoms with Crippen molar-refractivity contribution in [2.24, 2.45) is 23.7 Å². The lowest BCUT2D eigenvalue weighted by atomic mass is 9.80. The van der Waals surface area contributed by atoms with Gasteiger partial charge in [-0.1, -0.05) is 61.4 Å². The fourth-order valence-electron chi connectivity index (χ4n) is 4.10. The Kier molecular flexibility index (Phi) is 3.58. The summed E-state index contributed by atoms with van der Waals surface area (Å²) >= 11 is 0. The first-order valence-electron chi connectivity index (χ1n) is 8.01. The van der Waals surface area contributed by atoms with E-state index in [1.54, 1.807) is 5.57 Å². The van der Waals surface area contributed by atoms with Crippen LogP contribution in [0.2, 0.25) is 0 Å². The fraction of sp³-hybridized carbons (Fsp3) is 0.500. The van der Waals surface area contributed by atoms with Gasteiger partial charge in [-0.25, -0.2) is 0 Å². The summed E-state index contributed by atoms with van der Waals surface area (Å²) in [5.74, 6) is 3.22. The van der Waals surface area contributed by atoms with Crippen LogP contribution in [0.3, 0.4) is 0 Å². The molecule has 1 aromatic rings. The minimum absolute atomic E-state index is 0.744. The number of fused-ring (bicyclic) bond motifs is 1. The van der Waals surface area contributed by atoms with Crippen LogP contribution in [0.25, 0.3) is 5.57 Å². The quantitative estimate of drug-likeness (QED) is 0.658. The van der Waals surface area contributed by atoms with E-state index in [-0.39, 0.29) is 0 Å². The van der Waals surface area contributed by atoms with Crippen LogP contribution in [0.4, 0.5) is 0 Å². The number of aryl methyl sites for hydroxylation is 2. The van der Waals surface area contributed by atoms with Crippen molar-refractivity contribution >= 4 is 5.57 Å². The average Bonchev–Trinajstić information content (AvgIpc) is 2.81. The fourth-order valence-corrected chi connectivity index (χ4v) is 4.10. The highest BCUT2D eigenvalue weighted by Gasteiger charge is 2.37. The zero-order valence-electron chi connectivity index (χ0n) is 13.2. The van der Waals surface area contributed by atoms with Crippen LogP contribution in [0, 0.1) is 37.5 Å². The second kappa shape index (κ2) is 5.24. The highest BCUT2D eigenvalue weighted by molar-refractivity contribution is 5.72. The van der Waals surface area contributed by atoms with Crippen molar-refractivity contribution in [2.75, 3.05) is 0 Å². The molecular formula is C20H26. The van der Waals surface area contributed by atoms with Gasteiger partial charge in [0.05, 0.1) is 0 Å². The molecule has 0 heterocycles. The van der Waals surface area contributed by atoms with Gasteiger partial charge >= 0.3 is 0 Å². The van der Waals surface area contributed by atoms with Crippen molar-refractivity contribution in [2.45, 2.75) is 40.5 Å². The molecule has 1 aromatic carbocycles. The van der Waals surface area contributed by atoms with Crippen molar-refractivity contribution in [1.29, 1.82) is 0 Å². The third-order valence-electron chi connectivity index (χ3n) is 5.18. The molecule has 0 aliphatic heterocycles. The van der Waals surface area contributed by atoms with E-state index in [1.807, 2.05) is 0 Å². The lowest BCUT2D eigenvalue weighted by Gasteiger charge is -2.24. The first kappa shape index (κ1) is 13.7. The van der Waals surface area contributed by atoms with Crippen LogP contribution in [0.15, 0.2) is 36.4 Å². The third kappa shape index (κ3) is 2.49. The summed E-state index contributed by atoms with van der Waals surface area (Å²) in [5, 5.41) is 0. The van der Waals surface area contributed by atoms with Gasteiger partial charge in [0.1, 0.15) is 0 Å². The van der Waals surface area contributed by atoms with Crippen LogP contribution in [-0.4, -0.2) is 0 Å². The van der Waals surface area contributed by atoms with E-state index < -0.39 is 0 Å². The molecule has 0 saturated heterocycles. The van der Waals surface area contributed by atoms with Crippen LogP contribution < -0.4 is 0 Å². The summed E-state index contributed by atoms with van der Waals surface area (Å²) in [5.41, 5.74) is 5.79. The molecule has 20 heavy (non-hydrogen) atoms. The number of hydrogen-bond acceptors (Lipinski definition) is 0. The highest BCUT2D eigenvalue weighted by Crippen LogP contribution is 2.48. The van der Waals surface area contributed by atoms with Gasteiger partial charge in [0, 0.05) is 0 Å². The molecule has 0 amide bonds. The Hall–Kier alpha value is -1.30. The zero-order valence-corrected chi connectivity index (χ0v) is 13.2. The van der Waals surface area contributed by atoms with Gasteiger partial charge in [-0.3, -0.25) is 0 Å². The van der Waals surface area contributed by atoms with Gasteiger partial charge in [0.25, 0.3) is 0 Å². The van der Waals surface area contributed by atoms with Crippen LogP contribution in [0.1, 0.15) is 43.4 Å². The number of rotatable bonds is 2. The van der Waals surface area contributed by atoms with Crippen LogP contribution in [-0.2, 0) is 0 Å². The van der Waals surface area contributed by atoms with E-state index in [9.17, 15) is 0 Å². The Labute approximate surface area is 123 Å². The lowest BCUT2D eigenvalue weighted by Crippen LogP contribution is -2.11. The molecule has 2 aliphatic carbocycles. The number of hydrogen-bond donors (Lipinski definition) is 0. The summed E-state index contributed by atoms with van der Waals surface area (Å²) in [6.07, 6.45) is 9.83. The van der Waals surface area contributed by atoms with Crippen LogP contribution >= 0.6 is 0 Å². The smallest absolute Gasteiger partial charge is 0.00901 e. The molecular weight excluding hydrogens is 240 g/mol. The summed E-state index contributed by atoms with van der Waals surface area (Å²) in [6.45, 7) is 9.18. The second-order valence-electron chi connectivity index (χ2n) is 7.13. The Bertz CT molecular complexity index is 539. The minimum Gasteiger partial charge on any atom is -0.0808 e. The normalized spacial score (nSPS) is 28.6. The van der Waals surface area contributed by atoms with Gasteiger partial charge in [-0.15, -0.1) is 0 Å². The Morgan fingerprint density at radius 2 is 1.70 bits per heavy atom. The molecule has 1 fully saturated rings. The molecule has 0 nitrogen and oxygen atoms in total. The van der Waals surface area contributed by atoms with E-state index in [4.69, 9.17) is 0 Å². The summed E-state index contributed by atoms with van der Waals surface area (Å²) in [4.78, 5) is 0. The van der Waals surface area contributed by atoms with Crippen molar-refractivity contribution in [1.82, 2.24) is 0 Å². The minimum atomic E-state index is 0.744. The van der Waals surface area contributed by atoms with Gasteiger partial charge in [-0.2, -0.15) is 0 Å². The molecule has 0 N–H and O–H groups in total. The SMILES string of the molecule is Cc1cc(C)cc(C2=CC=CC3CC(C(C)C)CC23)c1. The summed E-state index contributed by atoms with van der Waals surface area (Å²) in [7, 11) is 0. The maximum atomic E-state index is 2.44. The number of benzene rings is 1. The monoisotopic (exact) mass is 266 g/mol. The first-order valence-corrected chi connectivity index (χ1v) is 8.01. The van der Waals surface area contributed by atoms with Gasteiger partial charge in [0.2, 0.25) is 0 Å². The van der Waals surface area contributed by atoms with Crippen LogP contribution in [0.5, 0.6) is 0 Å². The van der Waals surface area contributed by atoms with E-state index in [0.29, 0.717) is 0 Å². The Balaban J connectivity index is 1.93. The van der Waals surface area contributed by atoms with Gasteiger partial charge < -0.3 is 0 Å². The maximum absolute atomic E-state index is 2.44. The molecule has 3 atom stereocenters. The number of allylic oxidation sites excluding steroid dienone is 4. The highest BCUT2D eigenvalue weighted by atomic mass is 14.4. The third-order valence-corrected chi connectivity index (χ3v) is 5.18. The van der Waals surface area contributed by atoms with E-state index in [0.717, 1.165) is 23.7 Å². The van der Waals surface area contributed by atoms with Gasteiger partial charge in [-0.05, 0) is 61.5 Å². The molecule has 106 valence electrons.